The third-order valence-electron chi connectivity index (χ3n) is 4.28. The number of nitrogens with one attached hydrogen (secondary N) is 1. The number of pyridine rings is 1. The zero-order valence-electron chi connectivity index (χ0n) is 14.1. The first-order valence-electron chi connectivity index (χ1n) is 8.24. The molecule has 128 valence electrons. The van der Waals surface area contributed by atoms with Crippen LogP contribution >= 0.6 is 23.1 Å². The van der Waals surface area contributed by atoms with Gasteiger partial charge in [0.25, 0.3) is 0 Å². The Labute approximate surface area is 154 Å². The maximum Gasteiger partial charge on any atom is 0.236 e. The quantitative estimate of drug-likeness (QED) is 0.705. The first kappa shape index (κ1) is 16.5. The topological polar surface area (TPSA) is 67.8 Å². The summed E-state index contributed by atoms with van der Waals surface area (Å²) in [5, 5.41) is 14.1. The molecule has 0 spiro atoms. The molecule has 0 bridgehead atoms. The Morgan fingerprint density at radius 1 is 1.20 bits per heavy atom. The summed E-state index contributed by atoms with van der Waals surface area (Å²) in [7, 11) is 0. The Hall–Kier alpha value is -1.99. The van der Waals surface area contributed by atoms with Crippen LogP contribution in [-0.2, 0) is 17.6 Å². The van der Waals surface area contributed by atoms with Crippen LogP contribution in [0, 0.1) is 13.8 Å². The molecular weight excluding hydrogens is 352 g/mol. The van der Waals surface area contributed by atoms with E-state index in [0.29, 0.717) is 10.9 Å². The van der Waals surface area contributed by atoms with Gasteiger partial charge in [0.05, 0.1) is 11.3 Å². The third kappa shape index (κ3) is 3.52. The number of amides is 1. The Morgan fingerprint density at radius 2 is 2.00 bits per heavy atom. The molecule has 1 aliphatic carbocycles. The number of benzene rings is 1. The Bertz CT molecular complexity index is 967. The van der Waals surface area contributed by atoms with Gasteiger partial charge >= 0.3 is 0 Å². The lowest BCUT2D eigenvalue weighted by Crippen LogP contribution is -2.14. The summed E-state index contributed by atoms with van der Waals surface area (Å²) in [6.45, 7) is 3.91. The van der Waals surface area contributed by atoms with E-state index in [0.717, 1.165) is 27.5 Å². The second kappa shape index (κ2) is 6.72. The minimum atomic E-state index is -0.0867. The summed E-state index contributed by atoms with van der Waals surface area (Å²) >= 11 is 2.84. The van der Waals surface area contributed by atoms with Gasteiger partial charge in [0.1, 0.15) is 10.0 Å². The number of fused-ring (bicyclic) bond motifs is 2. The van der Waals surface area contributed by atoms with E-state index in [4.69, 9.17) is 4.98 Å². The standard InChI is InChI=1S/C18H18N4OS2/c1-10-6-14-7-12-4-3-5-13(12)8-15(14)19-17(10)24-9-16(23)20-18-22-21-11(2)25-18/h6-8H,3-5,9H2,1-2H3,(H,20,22,23). The van der Waals surface area contributed by atoms with Crippen LogP contribution in [0.25, 0.3) is 10.9 Å². The van der Waals surface area contributed by atoms with Crippen molar-refractivity contribution in [2.45, 2.75) is 38.1 Å². The minimum Gasteiger partial charge on any atom is -0.300 e. The lowest BCUT2D eigenvalue weighted by Gasteiger charge is -2.09. The van der Waals surface area contributed by atoms with Crippen molar-refractivity contribution in [3.05, 3.63) is 39.9 Å². The van der Waals surface area contributed by atoms with Crippen molar-refractivity contribution >= 4 is 45.0 Å². The number of hydrogen-bond donors (Lipinski definition) is 1. The highest BCUT2D eigenvalue weighted by molar-refractivity contribution is 8.00. The molecular formula is C18H18N4OS2. The van der Waals surface area contributed by atoms with Gasteiger partial charge in [-0.2, -0.15) is 0 Å². The fraction of sp³-hybridized carbons (Fsp3) is 0.333. The van der Waals surface area contributed by atoms with Crippen LogP contribution in [0.1, 0.15) is 28.1 Å². The number of rotatable bonds is 4. The van der Waals surface area contributed by atoms with E-state index in [2.05, 4.69) is 33.7 Å². The number of aryl methyl sites for hydroxylation is 4. The number of carbonyl (C=O) groups is 1. The van der Waals surface area contributed by atoms with E-state index >= 15 is 0 Å². The van der Waals surface area contributed by atoms with Gasteiger partial charge in [0.2, 0.25) is 11.0 Å². The van der Waals surface area contributed by atoms with Crippen molar-refractivity contribution in [2.75, 3.05) is 11.1 Å². The molecule has 0 atom stereocenters. The highest BCUT2D eigenvalue weighted by atomic mass is 32.2. The highest BCUT2D eigenvalue weighted by Crippen LogP contribution is 2.30. The summed E-state index contributed by atoms with van der Waals surface area (Å²) in [6, 6.07) is 6.66. The minimum absolute atomic E-state index is 0.0867. The summed E-state index contributed by atoms with van der Waals surface area (Å²) in [4.78, 5) is 16.9. The normalized spacial score (nSPS) is 13.2. The van der Waals surface area contributed by atoms with Crippen LogP contribution in [-0.4, -0.2) is 26.8 Å². The van der Waals surface area contributed by atoms with Gasteiger partial charge in [0.15, 0.2) is 0 Å². The molecule has 0 saturated heterocycles. The summed E-state index contributed by atoms with van der Waals surface area (Å²) in [5.41, 5.74) is 5.01. The second-order valence-electron chi connectivity index (χ2n) is 6.24. The van der Waals surface area contributed by atoms with Crippen LogP contribution in [0.4, 0.5) is 5.13 Å². The zero-order valence-corrected chi connectivity index (χ0v) is 15.8. The molecule has 1 amide bonds. The van der Waals surface area contributed by atoms with E-state index in [-0.39, 0.29) is 5.91 Å². The molecule has 1 N–H and O–H groups in total. The SMILES string of the molecule is Cc1nnc(NC(=O)CSc2nc3cc4c(cc3cc2C)CCC4)s1. The van der Waals surface area contributed by atoms with Crippen molar-refractivity contribution < 1.29 is 4.79 Å². The maximum atomic E-state index is 12.1. The Morgan fingerprint density at radius 3 is 2.76 bits per heavy atom. The average molecular weight is 371 g/mol. The Kier molecular flexibility index (Phi) is 4.43. The van der Waals surface area contributed by atoms with Crippen LogP contribution in [0.15, 0.2) is 23.2 Å². The largest absolute Gasteiger partial charge is 0.300 e. The smallest absolute Gasteiger partial charge is 0.236 e. The fourth-order valence-corrected chi connectivity index (χ4v) is 4.52. The lowest BCUT2D eigenvalue weighted by molar-refractivity contribution is -0.113. The van der Waals surface area contributed by atoms with Crippen molar-refractivity contribution in [3.8, 4) is 0 Å². The van der Waals surface area contributed by atoms with Crippen LogP contribution < -0.4 is 5.32 Å². The van der Waals surface area contributed by atoms with Crippen LogP contribution in [0.5, 0.6) is 0 Å². The summed E-state index contributed by atoms with van der Waals surface area (Å²) in [5.74, 6) is 0.222. The molecule has 5 nitrogen and oxygen atoms in total. The molecule has 1 aromatic carbocycles. The Balaban J connectivity index is 1.50. The molecule has 0 unspecified atom stereocenters. The van der Waals surface area contributed by atoms with Crippen molar-refractivity contribution in [1.82, 2.24) is 15.2 Å². The van der Waals surface area contributed by atoms with Crippen LogP contribution in [0.2, 0.25) is 0 Å². The van der Waals surface area contributed by atoms with Gasteiger partial charge in [-0.15, -0.1) is 10.2 Å². The average Bonchev–Trinajstić information content (AvgIpc) is 3.19. The molecule has 0 fully saturated rings. The molecule has 25 heavy (non-hydrogen) atoms. The van der Waals surface area contributed by atoms with Gasteiger partial charge in [-0.05, 0) is 68.0 Å². The molecule has 0 saturated carbocycles. The van der Waals surface area contributed by atoms with Crippen molar-refractivity contribution in [1.29, 1.82) is 0 Å². The molecule has 1 aliphatic rings. The number of nitrogens with zero attached hydrogens (tertiary/aromatic N) is 3. The summed E-state index contributed by atoms with van der Waals surface area (Å²) < 4.78 is 0. The maximum absolute atomic E-state index is 12.1. The number of anilines is 1. The number of thioether (sulfide) groups is 1. The fourth-order valence-electron chi connectivity index (χ4n) is 3.12. The molecule has 7 heteroatoms. The van der Waals surface area contributed by atoms with Crippen molar-refractivity contribution in [2.24, 2.45) is 0 Å². The predicted octanol–water partition coefficient (Wildman–Crippen LogP) is 3.92. The molecule has 0 aliphatic heterocycles. The number of aromatic nitrogens is 3. The van der Waals surface area contributed by atoms with E-state index in [9.17, 15) is 4.79 Å². The van der Waals surface area contributed by atoms with Gasteiger partial charge in [-0.1, -0.05) is 23.1 Å². The first-order chi connectivity index (χ1) is 12.1. The van der Waals surface area contributed by atoms with Gasteiger partial charge in [-0.3, -0.25) is 10.1 Å². The van der Waals surface area contributed by atoms with Crippen molar-refractivity contribution in [3.63, 3.8) is 0 Å². The number of carbonyl (C=O) groups excluding carboxylic acids is 1. The number of hydrogen-bond acceptors (Lipinski definition) is 6. The third-order valence-corrected chi connectivity index (χ3v) is 6.13. The van der Waals surface area contributed by atoms with Gasteiger partial charge in [-0.25, -0.2) is 4.98 Å². The monoisotopic (exact) mass is 370 g/mol. The molecule has 3 aromatic rings. The van der Waals surface area contributed by atoms with E-state index in [1.54, 1.807) is 0 Å². The highest BCUT2D eigenvalue weighted by Gasteiger charge is 2.14. The first-order valence-corrected chi connectivity index (χ1v) is 10.0. The molecule has 0 radical (unpaired) electrons. The van der Waals surface area contributed by atoms with Gasteiger partial charge in [0, 0.05) is 5.39 Å². The van der Waals surface area contributed by atoms with E-state index in [1.165, 1.54) is 52.5 Å². The van der Waals surface area contributed by atoms with Crippen LogP contribution in [0.3, 0.4) is 0 Å². The van der Waals surface area contributed by atoms with E-state index in [1.807, 2.05) is 13.8 Å². The predicted molar refractivity (Wildman–Crippen MR) is 103 cm³/mol. The zero-order chi connectivity index (χ0) is 17.4. The molecule has 4 rings (SSSR count). The van der Waals surface area contributed by atoms with E-state index < -0.39 is 0 Å². The second-order valence-corrected chi connectivity index (χ2v) is 8.39. The molecule has 2 heterocycles. The summed E-state index contributed by atoms with van der Waals surface area (Å²) in [6.07, 6.45) is 3.55. The molecule has 2 aromatic heterocycles. The lowest BCUT2D eigenvalue weighted by atomic mass is 10.1. The van der Waals surface area contributed by atoms with Gasteiger partial charge < -0.3 is 0 Å².